The molecular weight excluding hydrogens is 497 g/mol. The van der Waals surface area contributed by atoms with Gasteiger partial charge in [-0.15, -0.1) is 11.8 Å². The number of thioether (sulfide) groups is 1. The highest BCUT2D eigenvalue weighted by atomic mass is 32.2. The Morgan fingerprint density at radius 3 is 2.84 bits per heavy atom. The van der Waals surface area contributed by atoms with Crippen LogP contribution in [-0.2, 0) is 28.3 Å². The molecule has 3 atom stereocenters. The van der Waals surface area contributed by atoms with E-state index in [0.29, 0.717) is 47.7 Å². The normalized spacial score (nSPS) is 26.2. The summed E-state index contributed by atoms with van der Waals surface area (Å²) in [5, 5.41) is 22.4. The molecule has 1 fully saturated rings. The minimum Gasteiger partial charge on any atom is -0.458 e. The first kappa shape index (κ1) is 23.3. The molecular formula is C27H26FN3O5S. The molecule has 0 amide bonds. The number of aromatic nitrogens is 2. The first-order valence-electron chi connectivity index (χ1n) is 12.6. The van der Waals surface area contributed by atoms with E-state index in [-0.39, 0.29) is 47.7 Å². The molecule has 0 saturated carbocycles. The Morgan fingerprint density at radius 2 is 2.11 bits per heavy atom. The predicted octanol–water partition coefficient (Wildman–Crippen LogP) is 2.74. The lowest BCUT2D eigenvalue weighted by Crippen LogP contribution is -2.44. The number of esters is 1. The fraction of sp³-hybridized carbons (Fsp3) is 0.444. The molecule has 0 radical (unpaired) electrons. The van der Waals surface area contributed by atoms with Gasteiger partial charge in [-0.05, 0) is 37.0 Å². The number of β-amino-alcohol motifs (C(OH)–C–C–N with tert-alkyl or cyclic N) is 1. The van der Waals surface area contributed by atoms with Crippen molar-refractivity contribution in [1.82, 2.24) is 14.5 Å². The maximum absolute atomic E-state index is 15.0. The third-order valence-corrected chi connectivity index (χ3v) is 9.80. The monoisotopic (exact) mass is 523 g/mol. The molecule has 7 rings (SSSR count). The average molecular weight is 524 g/mol. The van der Waals surface area contributed by atoms with E-state index >= 15 is 0 Å². The number of fused-ring (bicyclic) bond motifs is 5. The highest BCUT2D eigenvalue weighted by molar-refractivity contribution is 7.99. The molecule has 0 aliphatic carbocycles. The average Bonchev–Trinajstić information content (AvgIpc) is 3.48. The van der Waals surface area contributed by atoms with Crippen molar-refractivity contribution in [2.45, 2.75) is 62.5 Å². The van der Waals surface area contributed by atoms with E-state index in [9.17, 15) is 24.2 Å². The SMILES string of the molecule is CC[C@@]1(O)C(=O)OCc2c1cc1n(c2=O)Cc2c-1nc1cc(F)c(C)c3c1c2C(N1CC[C@@H](O)C1)CS3. The van der Waals surface area contributed by atoms with Crippen LogP contribution in [-0.4, -0.2) is 55.6 Å². The van der Waals surface area contributed by atoms with Crippen molar-refractivity contribution in [2.75, 3.05) is 18.8 Å². The van der Waals surface area contributed by atoms with Gasteiger partial charge in [0.15, 0.2) is 5.60 Å². The second-order valence-electron chi connectivity index (χ2n) is 10.4. The Balaban J connectivity index is 1.52. The minimum absolute atomic E-state index is 0.0177. The third kappa shape index (κ3) is 3.04. The quantitative estimate of drug-likeness (QED) is 0.387. The van der Waals surface area contributed by atoms with E-state index in [2.05, 4.69) is 4.90 Å². The van der Waals surface area contributed by atoms with Crippen LogP contribution in [0.4, 0.5) is 4.39 Å². The number of carbonyl (C=O) groups is 1. The number of likely N-dealkylation sites (tertiary alicyclic amines) is 1. The van der Waals surface area contributed by atoms with Crippen LogP contribution in [0.1, 0.15) is 53.6 Å². The molecule has 10 heteroatoms. The minimum atomic E-state index is -1.91. The molecule has 2 N–H and O–H groups in total. The summed E-state index contributed by atoms with van der Waals surface area (Å²) in [7, 11) is 0. The van der Waals surface area contributed by atoms with Gasteiger partial charge >= 0.3 is 5.97 Å². The molecule has 0 spiro atoms. The summed E-state index contributed by atoms with van der Waals surface area (Å²) in [6.45, 7) is 4.87. The molecule has 4 aliphatic heterocycles. The molecule has 8 nitrogen and oxygen atoms in total. The van der Waals surface area contributed by atoms with Gasteiger partial charge in [0.1, 0.15) is 12.4 Å². The van der Waals surface area contributed by atoms with Gasteiger partial charge in [-0.3, -0.25) is 9.69 Å². The van der Waals surface area contributed by atoms with Gasteiger partial charge in [-0.25, -0.2) is 14.2 Å². The number of rotatable bonds is 2. The van der Waals surface area contributed by atoms with E-state index in [1.165, 1.54) is 6.07 Å². The van der Waals surface area contributed by atoms with Crippen molar-refractivity contribution in [3.05, 3.63) is 56.1 Å². The lowest BCUT2D eigenvalue weighted by molar-refractivity contribution is -0.172. The molecule has 1 unspecified atom stereocenters. The summed E-state index contributed by atoms with van der Waals surface area (Å²) in [4.78, 5) is 34.2. The van der Waals surface area contributed by atoms with E-state index in [0.717, 1.165) is 28.0 Å². The van der Waals surface area contributed by atoms with Crippen LogP contribution < -0.4 is 5.56 Å². The standard InChI is InChI=1S/C27H26FN3O5S/c1-3-27(35)16-6-19-23-14(9-31(19)25(33)15(16)10-36-26(27)34)21-20(30-5-4-13(32)8-30)11-37-24-12(2)17(28)7-18(29-23)22(21)24/h6-7,13,20,32,35H,3-5,8-11H2,1-2H3/t13-,20?,27+/m1/s1. The largest absolute Gasteiger partial charge is 0.458 e. The number of ether oxygens (including phenoxy) is 1. The Morgan fingerprint density at radius 1 is 1.30 bits per heavy atom. The number of hydrogen-bond acceptors (Lipinski definition) is 8. The van der Waals surface area contributed by atoms with Gasteiger partial charge in [0.05, 0.1) is 35.1 Å². The molecule has 1 saturated heterocycles. The zero-order valence-electron chi connectivity index (χ0n) is 20.5. The molecule has 2 aromatic heterocycles. The predicted molar refractivity (Wildman–Crippen MR) is 135 cm³/mol. The second-order valence-corrected chi connectivity index (χ2v) is 11.5. The van der Waals surface area contributed by atoms with Crippen LogP contribution in [0.25, 0.3) is 22.3 Å². The number of benzene rings is 1. The summed E-state index contributed by atoms with van der Waals surface area (Å²) < 4.78 is 21.8. The smallest absolute Gasteiger partial charge is 0.343 e. The fourth-order valence-electron chi connectivity index (χ4n) is 6.44. The number of pyridine rings is 2. The lowest BCUT2D eigenvalue weighted by atomic mass is 9.86. The topological polar surface area (TPSA) is 105 Å². The van der Waals surface area contributed by atoms with Crippen molar-refractivity contribution >= 4 is 28.6 Å². The van der Waals surface area contributed by atoms with Gasteiger partial charge in [0, 0.05) is 52.4 Å². The first-order valence-corrected chi connectivity index (χ1v) is 13.6. The fourth-order valence-corrected chi connectivity index (χ4v) is 7.82. The van der Waals surface area contributed by atoms with Gasteiger partial charge in [0.2, 0.25) is 0 Å². The third-order valence-electron chi connectivity index (χ3n) is 8.51. The summed E-state index contributed by atoms with van der Waals surface area (Å²) in [6, 6.07) is 3.13. The van der Waals surface area contributed by atoms with Gasteiger partial charge < -0.3 is 19.5 Å². The number of carbonyl (C=O) groups excluding carboxylic acids is 1. The van der Waals surface area contributed by atoms with E-state index in [1.54, 1.807) is 36.2 Å². The Hall–Kier alpha value is -2.79. The Labute approximate surface area is 216 Å². The van der Waals surface area contributed by atoms with Crippen LogP contribution in [0, 0.1) is 12.7 Å². The van der Waals surface area contributed by atoms with E-state index in [4.69, 9.17) is 9.72 Å². The van der Waals surface area contributed by atoms with Crippen molar-refractivity contribution in [3.8, 4) is 11.4 Å². The number of halogens is 1. The zero-order valence-corrected chi connectivity index (χ0v) is 21.3. The highest BCUT2D eigenvalue weighted by Gasteiger charge is 2.46. The number of hydrogen-bond donors (Lipinski definition) is 2. The van der Waals surface area contributed by atoms with Crippen molar-refractivity contribution < 1.29 is 24.1 Å². The Bertz CT molecular complexity index is 1600. The highest BCUT2D eigenvalue weighted by Crippen LogP contribution is 2.50. The maximum Gasteiger partial charge on any atom is 0.343 e. The summed E-state index contributed by atoms with van der Waals surface area (Å²) >= 11 is 1.62. The number of aliphatic hydroxyl groups is 2. The van der Waals surface area contributed by atoms with Crippen LogP contribution in [0.5, 0.6) is 0 Å². The Kier molecular flexibility index (Phi) is 4.96. The number of aliphatic hydroxyl groups excluding tert-OH is 1. The van der Waals surface area contributed by atoms with E-state index < -0.39 is 11.6 Å². The second kappa shape index (κ2) is 7.86. The van der Waals surface area contributed by atoms with Crippen molar-refractivity contribution in [3.63, 3.8) is 0 Å². The number of nitrogens with zero attached hydrogens (tertiary/aromatic N) is 3. The van der Waals surface area contributed by atoms with Gasteiger partial charge in [-0.1, -0.05) is 6.92 Å². The summed E-state index contributed by atoms with van der Waals surface area (Å²) in [6.07, 6.45) is 0.376. The molecule has 3 aromatic rings. The van der Waals surface area contributed by atoms with E-state index in [1.807, 2.05) is 0 Å². The number of cyclic esters (lactones) is 1. The lowest BCUT2D eigenvalue weighted by Gasteiger charge is -2.34. The van der Waals surface area contributed by atoms with Crippen LogP contribution in [0.15, 0.2) is 21.8 Å². The van der Waals surface area contributed by atoms with Crippen molar-refractivity contribution in [1.29, 1.82) is 0 Å². The van der Waals surface area contributed by atoms with Crippen LogP contribution >= 0.6 is 11.8 Å². The van der Waals surface area contributed by atoms with Gasteiger partial charge in [0.25, 0.3) is 5.56 Å². The van der Waals surface area contributed by atoms with Gasteiger partial charge in [-0.2, -0.15) is 0 Å². The first-order chi connectivity index (χ1) is 17.7. The summed E-state index contributed by atoms with van der Waals surface area (Å²) in [5.74, 6) is -0.388. The van der Waals surface area contributed by atoms with Crippen LogP contribution in [0.3, 0.4) is 0 Å². The van der Waals surface area contributed by atoms with Crippen molar-refractivity contribution in [2.24, 2.45) is 0 Å². The zero-order chi connectivity index (χ0) is 25.8. The molecule has 37 heavy (non-hydrogen) atoms. The molecule has 6 heterocycles. The molecule has 192 valence electrons. The molecule has 1 aromatic carbocycles. The van der Waals surface area contributed by atoms with Crippen LogP contribution in [0.2, 0.25) is 0 Å². The maximum atomic E-state index is 15.0. The summed E-state index contributed by atoms with van der Waals surface area (Å²) in [5.41, 5.74) is 2.44. The molecule has 4 aliphatic rings. The molecule has 0 bridgehead atoms.